The van der Waals surface area contributed by atoms with Gasteiger partial charge in [-0.15, -0.1) is 0 Å². The lowest BCUT2D eigenvalue weighted by molar-refractivity contribution is -0.118. The predicted molar refractivity (Wildman–Crippen MR) is 102 cm³/mol. The number of carbonyl (C=O) groups excluding carboxylic acids is 1. The van der Waals surface area contributed by atoms with E-state index in [9.17, 15) is 18.4 Å². The molecule has 0 unspecified atom stereocenters. The van der Waals surface area contributed by atoms with Gasteiger partial charge in [-0.25, -0.2) is 8.78 Å². The summed E-state index contributed by atoms with van der Waals surface area (Å²) in [5.74, 6) is -1.11. The first-order valence-corrected chi connectivity index (χ1v) is 8.84. The molecule has 0 bridgehead atoms. The molecule has 0 saturated carbocycles. The number of rotatable bonds is 5. The lowest BCUT2D eigenvalue weighted by Gasteiger charge is -2.12. The van der Waals surface area contributed by atoms with Crippen LogP contribution >= 0.6 is 0 Å². The Morgan fingerprint density at radius 1 is 1.11 bits per heavy atom. The Bertz CT molecular complexity index is 1270. The van der Waals surface area contributed by atoms with Gasteiger partial charge in [0.2, 0.25) is 0 Å². The van der Waals surface area contributed by atoms with Crippen molar-refractivity contribution in [2.45, 2.75) is 19.4 Å². The van der Waals surface area contributed by atoms with Gasteiger partial charge in [0, 0.05) is 31.8 Å². The van der Waals surface area contributed by atoms with E-state index in [0.29, 0.717) is 27.4 Å². The van der Waals surface area contributed by atoms with E-state index in [4.69, 9.17) is 0 Å². The molecule has 0 N–H and O–H groups in total. The fourth-order valence-electron chi connectivity index (χ4n) is 3.50. The topological polar surface area (TPSA) is 56.9 Å². The summed E-state index contributed by atoms with van der Waals surface area (Å²) in [6.07, 6.45) is 1.45. The highest BCUT2D eigenvalue weighted by molar-refractivity contribution is 6.03. The fourth-order valence-corrected chi connectivity index (χ4v) is 3.50. The van der Waals surface area contributed by atoms with Crippen molar-refractivity contribution in [3.8, 4) is 0 Å². The Balaban J connectivity index is 1.71. The quantitative estimate of drug-likeness (QED) is 0.533. The van der Waals surface area contributed by atoms with E-state index in [1.165, 1.54) is 29.0 Å². The van der Waals surface area contributed by atoms with Crippen LogP contribution in [0.1, 0.15) is 12.0 Å². The van der Waals surface area contributed by atoms with Gasteiger partial charge in [-0.3, -0.25) is 14.3 Å². The number of pyridine rings is 1. The third-order valence-electron chi connectivity index (χ3n) is 4.88. The van der Waals surface area contributed by atoms with Crippen LogP contribution in [0.15, 0.2) is 53.5 Å². The monoisotopic (exact) mass is 381 g/mol. The molecule has 0 aliphatic rings. The second kappa shape index (κ2) is 6.99. The number of carbonyl (C=O) groups is 1. The number of benzene rings is 2. The van der Waals surface area contributed by atoms with Gasteiger partial charge in [0.15, 0.2) is 0 Å². The lowest BCUT2D eigenvalue weighted by Crippen LogP contribution is -2.23. The molecule has 4 aromatic rings. The molecule has 2 aromatic heterocycles. The molecule has 0 spiro atoms. The molecule has 0 atom stereocenters. The van der Waals surface area contributed by atoms with Gasteiger partial charge in [-0.05, 0) is 29.8 Å². The maximum Gasteiger partial charge on any atom is 0.262 e. The summed E-state index contributed by atoms with van der Waals surface area (Å²) < 4.78 is 30.6. The smallest absolute Gasteiger partial charge is 0.262 e. The van der Waals surface area contributed by atoms with Crippen LogP contribution in [-0.4, -0.2) is 20.1 Å². The van der Waals surface area contributed by atoms with E-state index in [1.54, 1.807) is 36.0 Å². The fraction of sp³-hybridized carbons (Fsp3) is 0.190. The van der Waals surface area contributed by atoms with Crippen molar-refractivity contribution < 1.29 is 13.6 Å². The van der Waals surface area contributed by atoms with Crippen LogP contribution in [0.25, 0.3) is 21.8 Å². The van der Waals surface area contributed by atoms with Crippen LogP contribution < -0.4 is 5.56 Å². The number of ketones is 1. The van der Waals surface area contributed by atoms with Crippen molar-refractivity contribution in [1.82, 2.24) is 14.3 Å². The first kappa shape index (κ1) is 18.0. The van der Waals surface area contributed by atoms with Gasteiger partial charge in [0.05, 0.1) is 22.6 Å². The molecular formula is C21H17F2N3O2. The van der Waals surface area contributed by atoms with Crippen molar-refractivity contribution in [3.63, 3.8) is 0 Å². The Morgan fingerprint density at radius 3 is 2.68 bits per heavy atom. The van der Waals surface area contributed by atoms with Crippen LogP contribution in [0.3, 0.4) is 0 Å². The van der Waals surface area contributed by atoms with Crippen LogP contribution in [0.2, 0.25) is 0 Å². The summed E-state index contributed by atoms with van der Waals surface area (Å²) in [4.78, 5) is 25.3. The van der Waals surface area contributed by atoms with E-state index in [0.717, 1.165) is 0 Å². The number of hydrogen-bond acceptors (Lipinski definition) is 3. The van der Waals surface area contributed by atoms with E-state index < -0.39 is 11.6 Å². The second-order valence-corrected chi connectivity index (χ2v) is 6.71. The summed E-state index contributed by atoms with van der Waals surface area (Å²) in [6.45, 7) is 0.0803. The molecule has 0 saturated heterocycles. The molecule has 0 aliphatic heterocycles. The van der Waals surface area contributed by atoms with Gasteiger partial charge < -0.3 is 4.57 Å². The number of hydrogen-bond donors (Lipinski definition) is 0. The zero-order valence-corrected chi connectivity index (χ0v) is 15.2. The normalized spacial score (nSPS) is 11.4. The standard InChI is InChI=1S/C21H17F2N3O2/c1-25-20-16-7-6-14(22)11-19(16)26(21(28)17(20)12-24-25)9-8-15(27)10-13-4-2-3-5-18(13)23/h2-7,11-12H,8-10H2,1H3. The maximum absolute atomic E-state index is 13.9. The SMILES string of the molecule is Cn1ncc2c(=O)n(CCC(=O)Cc3ccccc3F)c3cc(F)ccc3c21. The molecule has 0 aliphatic carbocycles. The first-order chi connectivity index (χ1) is 13.5. The van der Waals surface area contributed by atoms with Crippen LogP contribution in [0.5, 0.6) is 0 Å². The molecule has 4 rings (SSSR count). The molecule has 2 heterocycles. The minimum atomic E-state index is -0.472. The summed E-state index contributed by atoms with van der Waals surface area (Å²) in [6, 6.07) is 10.3. The molecule has 0 amide bonds. The van der Waals surface area contributed by atoms with Gasteiger partial charge in [-0.1, -0.05) is 18.2 Å². The van der Waals surface area contributed by atoms with Gasteiger partial charge in [0.25, 0.3) is 5.56 Å². The van der Waals surface area contributed by atoms with Gasteiger partial charge >= 0.3 is 0 Å². The summed E-state index contributed by atoms with van der Waals surface area (Å²) in [7, 11) is 1.72. The first-order valence-electron chi connectivity index (χ1n) is 8.84. The Kier molecular flexibility index (Phi) is 4.50. The molecule has 142 valence electrons. The Labute approximate surface area is 158 Å². The van der Waals surface area contributed by atoms with E-state index in [2.05, 4.69) is 5.10 Å². The van der Waals surface area contributed by atoms with Crippen molar-refractivity contribution in [2.75, 3.05) is 0 Å². The molecule has 0 fully saturated rings. The van der Waals surface area contributed by atoms with Crippen LogP contribution in [-0.2, 0) is 24.8 Å². The van der Waals surface area contributed by atoms with E-state index in [1.807, 2.05) is 0 Å². The second-order valence-electron chi connectivity index (χ2n) is 6.71. The average Bonchev–Trinajstić information content (AvgIpc) is 3.05. The highest BCUT2D eigenvalue weighted by Gasteiger charge is 2.16. The van der Waals surface area contributed by atoms with Crippen LogP contribution in [0, 0.1) is 11.6 Å². The van der Waals surface area contributed by atoms with E-state index >= 15 is 0 Å². The highest BCUT2D eigenvalue weighted by atomic mass is 19.1. The highest BCUT2D eigenvalue weighted by Crippen LogP contribution is 2.23. The molecule has 2 aromatic carbocycles. The maximum atomic E-state index is 13.9. The molecule has 7 heteroatoms. The number of aryl methyl sites for hydroxylation is 2. The number of aromatic nitrogens is 3. The summed E-state index contributed by atoms with van der Waals surface area (Å²) in [5.41, 5.74) is 1.01. The van der Waals surface area contributed by atoms with Crippen molar-refractivity contribution in [1.29, 1.82) is 0 Å². The van der Waals surface area contributed by atoms with Crippen molar-refractivity contribution in [2.24, 2.45) is 7.05 Å². The molecular weight excluding hydrogens is 364 g/mol. The average molecular weight is 381 g/mol. The third kappa shape index (κ3) is 3.09. The largest absolute Gasteiger partial charge is 0.307 e. The summed E-state index contributed by atoms with van der Waals surface area (Å²) >= 11 is 0. The molecule has 0 radical (unpaired) electrons. The number of halogens is 2. The zero-order valence-electron chi connectivity index (χ0n) is 15.2. The van der Waals surface area contributed by atoms with Crippen molar-refractivity contribution >= 4 is 27.6 Å². The number of Topliss-reactive ketones (excluding diaryl/α,β-unsaturated/α-hetero) is 1. The minimum absolute atomic E-state index is 0.0334. The minimum Gasteiger partial charge on any atom is -0.307 e. The lowest BCUT2D eigenvalue weighted by atomic mass is 10.1. The van der Waals surface area contributed by atoms with Gasteiger partial charge in [-0.2, -0.15) is 5.10 Å². The number of nitrogens with zero attached hydrogens (tertiary/aromatic N) is 3. The van der Waals surface area contributed by atoms with Crippen molar-refractivity contribution in [3.05, 3.63) is 76.2 Å². The zero-order chi connectivity index (χ0) is 19.8. The third-order valence-corrected chi connectivity index (χ3v) is 4.88. The predicted octanol–water partition coefficient (Wildman–Crippen LogP) is 3.37. The van der Waals surface area contributed by atoms with Gasteiger partial charge in [0.1, 0.15) is 17.4 Å². The molecule has 28 heavy (non-hydrogen) atoms. The number of fused-ring (bicyclic) bond motifs is 3. The van der Waals surface area contributed by atoms with Crippen LogP contribution in [0.4, 0.5) is 8.78 Å². The summed E-state index contributed by atoms with van der Waals surface area (Å²) in [5, 5.41) is 5.22. The Hall–Kier alpha value is -3.35. The molecule has 5 nitrogen and oxygen atoms in total. The Morgan fingerprint density at radius 2 is 1.89 bits per heavy atom. The van der Waals surface area contributed by atoms with E-state index in [-0.39, 0.29) is 30.7 Å².